The second kappa shape index (κ2) is 7.56. The Morgan fingerprint density at radius 1 is 1.26 bits per heavy atom. The van der Waals surface area contributed by atoms with E-state index in [1.54, 1.807) is 37.3 Å². The number of hydrogen-bond acceptors (Lipinski definition) is 5. The number of nitrogens with one attached hydrogen (secondary N) is 1. The number of benzene rings is 2. The highest BCUT2D eigenvalue weighted by Gasteiger charge is 2.23. The maximum absolute atomic E-state index is 14.0. The molecular formula is C20H15FN2O3S. The predicted molar refractivity (Wildman–Crippen MR) is 101 cm³/mol. The standard InChI is InChI=1S/C20H15FN2O3S/c1-11-17-15(21)7-4-8-16(17)27-18(11)20(25)26-12(2)19(24)23-14-6-3-5-13(9-14)10-22/h3-9,12H,1-2H3,(H,23,24)/t12-/m0/s1. The molecule has 3 rings (SSSR count). The lowest BCUT2D eigenvalue weighted by Crippen LogP contribution is -2.30. The van der Waals surface area contributed by atoms with Gasteiger partial charge in [-0.1, -0.05) is 12.1 Å². The van der Waals surface area contributed by atoms with Gasteiger partial charge in [0, 0.05) is 15.8 Å². The third-order valence-electron chi connectivity index (χ3n) is 4.00. The summed E-state index contributed by atoms with van der Waals surface area (Å²) >= 11 is 1.13. The lowest BCUT2D eigenvalue weighted by Gasteiger charge is -2.13. The highest BCUT2D eigenvalue weighted by Crippen LogP contribution is 2.33. The Labute approximate surface area is 159 Å². The summed E-state index contributed by atoms with van der Waals surface area (Å²) in [7, 11) is 0. The van der Waals surface area contributed by atoms with E-state index >= 15 is 0 Å². The van der Waals surface area contributed by atoms with Crippen molar-refractivity contribution in [3.05, 3.63) is 64.3 Å². The van der Waals surface area contributed by atoms with Gasteiger partial charge in [-0.15, -0.1) is 11.3 Å². The van der Waals surface area contributed by atoms with E-state index in [0.717, 1.165) is 11.3 Å². The summed E-state index contributed by atoms with van der Waals surface area (Å²) in [6.07, 6.45) is -1.06. The zero-order valence-corrected chi connectivity index (χ0v) is 15.4. The van der Waals surface area contributed by atoms with Crippen LogP contribution < -0.4 is 5.32 Å². The first-order valence-electron chi connectivity index (χ1n) is 8.10. The number of esters is 1. The van der Waals surface area contributed by atoms with E-state index in [0.29, 0.717) is 26.9 Å². The van der Waals surface area contributed by atoms with Crippen molar-refractivity contribution in [2.45, 2.75) is 20.0 Å². The molecule has 0 unspecified atom stereocenters. The number of carbonyl (C=O) groups is 2. The van der Waals surface area contributed by atoms with E-state index < -0.39 is 23.8 Å². The van der Waals surface area contributed by atoms with Gasteiger partial charge < -0.3 is 10.1 Å². The number of aryl methyl sites for hydroxylation is 1. The summed E-state index contributed by atoms with van der Waals surface area (Å²) in [5.41, 5.74) is 1.33. The summed E-state index contributed by atoms with van der Waals surface area (Å²) < 4.78 is 19.9. The van der Waals surface area contributed by atoms with E-state index in [-0.39, 0.29) is 4.88 Å². The van der Waals surface area contributed by atoms with Crippen LogP contribution >= 0.6 is 11.3 Å². The summed E-state index contributed by atoms with van der Waals surface area (Å²) in [6, 6.07) is 13.0. The zero-order chi connectivity index (χ0) is 19.6. The molecule has 0 aliphatic heterocycles. The fraction of sp³-hybridized carbons (Fsp3) is 0.150. The molecule has 1 atom stereocenters. The molecule has 0 saturated heterocycles. The molecule has 1 aromatic heterocycles. The number of rotatable bonds is 4. The molecule has 1 N–H and O–H groups in total. The van der Waals surface area contributed by atoms with E-state index in [4.69, 9.17) is 10.00 Å². The van der Waals surface area contributed by atoms with Gasteiger partial charge in [0.1, 0.15) is 10.7 Å². The van der Waals surface area contributed by atoms with Gasteiger partial charge in [0.25, 0.3) is 5.91 Å². The maximum Gasteiger partial charge on any atom is 0.349 e. The number of fused-ring (bicyclic) bond motifs is 1. The average Bonchev–Trinajstić information content (AvgIpc) is 3.00. The number of carbonyl (C=O) groups excluding carboxylic acids is 2. The van der Waals surface area contributed by atoms with Crippen molar-refractivity contribution in [2.24, 2.45) is 0 Å². The van der Waals surface area contributed by atoms with Gasteiger partial charge in [0.05, 0.1) is 11.6 Å². The molecule has 0 fully saturated rings. The molecule has 27 heavy (non-hydrogen) atoms. The van der Waals surface area contributed by atoms with Crippen LogP contribution in [0.1, 0.15) is 27.7 Å². The molecule has 1 heterocycles. The molecular weight excluding hydrogens is 367 g/mol. The number of anilines is 1. The largest absolute Gasteiger partial charge is 0.448 e. The maximum atomic E-state index is 14.0. The molecule has 0 aliphatic rings. The Bertz CT molecular complexity index is 1080. The first-order valence-corrected chi connectivity index (χ1v) is 8.92. The van der Waals surface area contributed by atoms with E-state index in [1.165, 1.54) is 19.1 Å². The number of halogens is 1. The quantitative estimate of drug-likeness (QED) is 0.678. The van der Waals surface area contributed by atoms with Crippen LogP contribution in [0.25, 0.3) is 10.1 Å². The molecule has 136 valence electrons. The SMILES string of the molecule is Cc1c(C(=O)O[C@@H](C)C(=O)Nc2cccc(C#N)c2)sc2cccc(F)c12. The summed E-state index contributed by atoms with van der Waals surface area (Å²) in [5, 5.41) is 11.9. The van der Waals surface area contributed by atoms with Crippen molar-refractivity contribution < 1.29 is 18.7 Å². The highest BCUT2D eigenvalue weighted by molar-refractivity contribution is 7.21. The van der Waals surface area contributed by atoms with Crippen molar-refractivity contribution >= 4 is 39.0 Å². The van der Waals surface area contributed by atoms with Crippen LogP contribution in [-0.4, -0.2) is 18.0 Å². The second-order valence-electron chi connectivity index (χ2n) is 5.90. The Morgan fingerprint density at radius 2 is 2.00 bits per heavy atom. The van der Waals surface area contributed by atoms with Crippen LogP contribution in [0.3, 0.4) is 0 Å². The van der Waals surface area contributed by atoms with Gasteiger partial charge in [-0.25, -0.2) is 9.18 Å². The first kappa shape index (κ1) is 18.5. The molecule has 1 amide bonds. The summed E-state index contributed by atoms with van der Waals surface area (Å²) in [4.78, 5) is 25.0. The lowest BCUT2D eigenvalue weighted by atomic mass is 10.1. The van der Waals surface area contributed by atoms with E-state index in [1.807, 2.05) is 6.07 Å². The van der Waals surface area contributed by atoms with Crippen molar-refractivity contribution in [3.63, 3.8) is 0 Å². The van der Waals surface area contributed by atoms with Gasteiger partial charge in [-0.2, -0.15) is 5.26 Å². The van der Waals surface area contributed by atoms with Crippen LogP contribution in [0.2, 0.25) is 0 Å². The van der Waals surface area contributed by atoms with E-state index in [9.17, 15) is 14.0 Å². The first-order chi connectivity index (χ1) is 12.9. The fourth-order valence-electron chi connectivity index (χ4n) is 2.63. The molecule has 7 heteroatoms. The highest BCUT2D eigenvalue weighted by atomic mass is 32.1. The number of nitriles is 1. The van der Waals surface area contributed by atoms with Gasteiger partial charge >= 0.3 is 5.97 Å². The summed E-state index contributed by atoms with van der Waals surface area (Å²) in [5.74, 6) is -1.60. The molecule has 3 aromatic rings. The van der Waals surface area contributed by atoms with Crippen molar-refractivity contribution in [1.29, 1.82) is 5.26 Å². The third kappa shape index (κ3) is 3.81. The number of amides is 1. The number of ether oxygens (including phenoxy) is 1. The second-order valence-corrected chi connectivity index (χ2v) is 6.95. The van der Waals surface area contributed by atoms with Crippen LogP contribution in [0.4, 0.5) is 10.1 Å². The monoisotopic (exact) mass is 382 g/mol. The van der Waals surface area contributed by atoms with Crippen molar-refractivity contribution in [3.8, 4) is 6.07 Å². The van der Waals surface area contributed by atoms with Crippen molar-refractivity contribution in [2.75, 3.05) is 5.32 Å². The van der Waals surface area contributed by atoms with Gasteiger partial charge in [0.15, 0.2) is 6.10 Å². The number of hydrogen-bond donors (Lipinski definition) is 1. The normalized spacial score (nSPS) is 11.6. The third-order valence-corrected chi connectivity index (χ3v) is 5.24. The minimum Gasteiger partial charge on any atom is -0.448 e. The number of nitrogens with zero attached hydrogens (tertiary/aromatic N) is 1. The Morgan fingerprint density at radius 3 is 2.70 bits per heavy atom. The van der Waals surface area contributed by atoms with Gasteiger partial charge in [-0.05, 0) is 49.7 Å². The van der Waals surface area contributed by atoms with Gasteiger partial charge in [-0.3, -0.25) is 4.79 Å². The molecule has 5 nitrogen and oxygen atoms in total. The van der Waals surface area contributed by atoms with Gasteiger partial charge in [0.2, 0.25) is 0 Å². The van der Waals surface area contributed by atoms with Crippen LogP contribution in [0.5, 0.6) is 0 Å². The Hall–Kier alpha value is -3.24. The fourth-order valence-corrected chi connectivity index (χ4v) is 3.73. The molecule has 0 radical (unpaired) electrons. The van der Waals surface area contributed by atoms with E-state index in [2.05, 4.69) is 5.32 Å². The predicted octanol–water partition coefficient (Wildman–Crippen LogP) is 4.40. The minimum absolute atomic E-state index is 0.265. The lowest BCUT2D eigenvalue weighted by molar-refractivity contribution is -0.123. The Kier molecular flexibility index (Phi) is 5.19. The smallest absolute Gasteiger partial charge is 0.349 e. The van der Waals surface area contributed by atoms with Crippen LogP contribution in [0.15, 0.2) is 42.5 Å². The topological polar surface area (TPSA) is 79.2 Å². The molecule has 0 saturated carbocycles. The van der Waals surface area contributed by atoms with Crippen LogP contribution in [0, 0.1) is 24.1 Å². The number of thiophene rings is 1. The molecule has 0 bridgehead atoms. The zero-order valence-electron chi connectivity index (χ0n) is 14.6. The van der Waals surface area contributed by atoms with Crippen LogP contribution in [-0.2, 0) is 9.53 Å². The molecule has 0 aliphatic carbocycles. The summed E-state index contributed by atoms with van der Waals surface area (Å²) in [6.45, 7) is 3.10. The van der Waals surface area contributed by atoms with Crippen molar-refractivity contribution in [1.82, 2.24) is 0 Å². The Balaban J connectivity index is 1.74. The minimum atomic E-state index is -1.06. The molecule has 2 aromatic carbocycles. The molecule has 0 spiro atoms. The average molecular weight is 382 g/mol.